The van der Waals surface area contributed by atoms with E-state index in [1.807, 2.05) is 6.07 Å². The summed E-state index contributed by atoms with van der Waals surface area (Å²) in [6.07, 6.45) is 1.07. The van der Waals surface area contributed by atoms with Gasteiger partial charge in [-0.15, -0.1) is 0 Å². The predicted octanol–water partition coefficient (Wildman–Crippen LogP) is 3.76. The van der Waals surface area contributed by atoms with E-state index >= 15 is 0 Å². The number of rotatable bonds is 4. The molecule has 124 valence electrons. The molecule has 3 nitrogen and oxygen atoms in total. The Kier molecular flexibility index (Phi) is 3.91. The van der Waals surface area contributed by atoms with Crippen LogP contribution in [0.5, 0.6) is 0 Å². The van der Waals surface area contributed by atoms with Gasteiger partial charge >= 0.3 is 0 Å². The second-order valence-corrected chi connectivity index (χ2v) is 6.89. The largest absolute Gasteiger partial charge is 0.374 e. The summed E-state index contributed by atoms with van der Waals surface area (Å²) in [6, 6.07) is 19.1. The second-order valence-electron chi connectivity index (χ2n) is 6.89. The van der Waals surface area contributed by atoms with E-state index in [4.69, 9.17) is 4.74 Å². The highest BCUT2D eigenvalue weighted by Gasteiger charge is 2.36. The molecule has 3 aromatic rings. The van der Waals surface area contributed by atoms with Gasteiger partial charge in [0.15, 0.2) is 0 Å². The minimum absolute atomic E-state index is 0.157. The number of ether oxygens (including phenoxy) is 1. The van der Waals surface area contributed by atoms with Crippen LogP contribution in [0.3, 0.4) is 0 Å². The first kappa shape index (κ1) is 15.4. The van der Waals surface area contributed by atoms with Crippen molar-refractivity contribution in [1.29, 1.82) is 0 Å². The maximum Gasteiger partial charge on any atom is 0.0799 e. The average Bonchev–Trinajstić information content (AvgIpc) is 2.91. The van der Waals surface area contributed by atoms with Crippen LogP contribution in [0.25, 0.3) is 10.9 Å². The van der Waals surface area contributed by atoms with E-state index in [9.17, 15) is 0 Å². The molecule has 1 N–H and O–H groups in total. The Labute approximate surface area is 143 Å². The van der Waals surface area contributed by atoms with Crippen molar-refractivity contribution in [2.24, 2.45) is 7.05 Å². The molecule has 0 radical (unpaired) electrons. The highest BCUT2D eigenvalue weighted by atomic mass is 16.5. The maximum absolute atomic E-state index is 6.09. The lowest BCUT2D eigenvalue weighted by atomic mass is 9.89. The number of fused-ring (bicyclic) bond motifs is 3. The number of aromatic nitrogens is 1. The zero-order valence-corrected chi connectivity index (χ0v) is 14.4. The second kappa shape index (κ2) is 6.08. The number of nitrogens with zero attached hydrogens (tertiary/aromatic N) is 1. The molecule has 2 heterocycles. The molecule has 0 saturated carbocycles. The summed E-state index contributed by atoms with van der Waals surface area (Å²) in [5.41, 5.74) is 5.20. The van der Waals surface area contributed by atoms with Crippen molar-refractivity contribution in [2.75, 3.05) is 13.2 Å². The van der Waals surface area contributed by atoms with E-state index in [0.29, 0.717) is 13.2 Å². The standard InChI is InChI=1S/C21H24N2O/c1-21(15-24-14-16-8-4-3-5-9-16)20-18(12-13-22-21)17-10-6-7-11-19(17)23(20)2/h3-11,22H,12-15H2,1-2H3. The Morgan fingerprint density at radius 1 is 1.08 bits per heavy atom. The zero-order chi connectivity index (χ0) is 16.6. The molecule has 1 atom stereocenters. The van der Waals surface area contributed by atoms with Gasteiger partial charge in [0.25, 0.3) is 0 Å². The summed E-state index contributed by atoms with van der Waals surface area (Å²) < 4.78 is 8.43. The summed E-state index contributed by atoms with van der Waals surface area (Å²) in [6.45, 7) is 4.57. The highest BCUT2D eigenvalue weighted by molar-refractivity contribution is 5.86. The molecule has 24 heavy (non-hydrogen) atoms. The average molecular weight is 320 g/mol. The quantitative estimate of drug-likeness (QED) is 0.792. The number of aryl methyl sites for hydroxylation is 1. The molecule has 0 aliphatic carbocycles. The molecule has 1 unspecified atom stereocenters. The number of hydrogen-bond donors (Lipinski definition) is 1. The third kappa shape index (κ3) is 2.54. The summed E-state index contributed by atoms with van der Waals surface area (Å²) in [5.74, 6) is 0. The first-order chi connectivity index (χ1) is 11.7. The first-order valence-electron chi connectivity index (χ1n) is 8.62. The van der Waals surface area contributed by atoms with E-state index in [-0.39, 0.29) is 5.54 Å². The molecular weight excluding hydrogens is 296 g/mol. The minimum Gasteiger partial charge on any atom is -0.374 e. The molecule has 4 rings (SSSR count). The van der Waals surface area contributed by atoms with Gasteiger partial charge < -0.3 is 14.6 Å². The topological polar surface area (TPSA) is 26.2 Å². The Hall–Kier alpha value is -2.10. The van der Waals surface area contributed by atoms with Crippen molar-refractivity contribution in [3.63, 3.8) is 0 Å². The van der Waals surface area contributed by atoms with E-state index in [1.54, 1.807) is 0 Å². The van der Waals surface area contributed by atoms with Gasteiger partial charge in [0.05, 0.1) is 18.8 Å². The molecule has 0 amide bonds. The molecule has 3 heteroatoms. The fourth-order valence-corrected chi connectivity index (χ4v) is 4.04. The zero-order valence-electron chi connectivity index (χ0n) is 14.4. The molecule has 0 bridgehead atoms. The Balaban J connectivity index is 1.63. The van der Waals surface area contributed by atoms with Crippen molar-refractivity contribution < 1.29 is 4.74 Å². The van der Waals surface area contributed by atoms with Crippen LogP contribution in [0.1, 0.15) is 23.7 Å². The summed E-state index contributed by atoms with van der Waals surface area (Å²) in [5, 5.41) is 5.07. The fourth-order valence-electron chi connectivity index (χ4n) is 4.04. The number of nitrogens with one attached hydrogen (secondary N) is 1. The summed E-state index contributed by atoms with van der Waals surface area (Å²) >= 11 is 0. The van der Waals surface area contributed by atoms with Crippen molar-refractivity contribution in [3.8, 4) is 0 Å². The van der Waals surface area contributed by atoms with E-state index < -0.39 is 0 Å². The monoisotopic (exact) mass is 320 g/mol. The third-order valence-corrected chi connectivity index (χ3v) is 5.13. The SMILES string of the molecule is Cn1c2c(c3ccccc31)CCNC2(C)COCc1ccccc1. The maximum atomic E-state index is 6.09. The lowest BCUT2D eigenvalue weighted by Gasteiger charge is -2.36. The fraction of sp³-hybridized carbons (Fsp3) is 0.333. The van der Waals surface area contributed by atoms with Crippen LogP contribution >= 0.6 is 0 Å². The summed E-state index contributed by atoms with van der Waals surface area (Å²) in [7, 11) is 2.17. The molecule has 1 aliphatic rings. The lowest BCUT2D eigenvalue weighted by molar-refractivity contribution is 0.0575. The van der Waals surface area contributed by atoms with Crippen molar-refractivity contribution in [2.45, 2.75) is 25.5 Å². The molecule has 2 aromatic carbocycles. The third-order valence-electron chi connectivity index (χ3n) is 5.13. The number of para-hydroxylation sites is 1. The number of benzene rings is 2. The van der Waals surface area contributed by atoms with Crippen molar-refractivity contribution in [1.82, 2.24) is 9.88 Å². The van der Waals surface area contributed by atoms with Gasteiger partial charge in [0.2, 0.25) is 0 Å². The van der Waals surface area contributed by atoms with Crippen molar-refractivity contribution >= 4 is 10.9 Å². The van der Waals surface area contributed by atoms with Gasteiger partial charge in [0.1, 0.15) is 0 Å². The van der Waals surface area contributed by atoms with Crippen LogP contribution in [-0.4, -0.2) is 17.7 Å². The minimum atomic E-state index is -0.157. The van der Waals surface area contributed by atoms with Gasteiger partial charge in [-0.3, -0.25) is 0 Å². The van der Waals surface area contributed by atoms with Gasteiger partial charge in [0, 0.05) is 30.2 Å². The summed E-state index contributed by atoms with van der Waals surface area (Å²) in [4.78, 5) is 0. The van der Waals surface area contributed by atoms with Gasteiger partial charge in [-0.2, -0.15) is 0 Å². The van der Waals surface area contributed by atoms with Gasteiger partial charge in [-0.1, -0.05) is 48.5 Å². The van der Waals surface area contributed by atoms with Crippen LogP contribution in [0.2, 0.25) is 0 Å². The first-order valence-corrected chi connectivity index (χ1v) is 8.62. The molecule has 0 saturated heterocycles. The Morgan fingerprint density at radius 3 is 2.67 bits per heavy atom. The predicted molar refractivity (Wildman–Crippen MR) is 98.1 cm³/mol. The van der Waals surface area contributed by atoms with Crippen LogP contribution in [0, 0.1) is 0 Å². The van der Waals surface area contributed by atoms with Crippen LogP contribution in [-0.2, 0) is 30.4 Å². The number of hydrogen-bond acceptors (Lipinski definition) is 2. The smallest absolute Gasteiger partial charge is 0.0799 e. The van der Waals surface area contributed by atoms with Crippen LogP contribution in [0.15, 0.2) is 54.6 Å². The molecule has 0 spiro atoms. The van der Waals surface area contributed by atoms with Crippen LogP contribution in [0.4, 0.5) is 0 Å². The van der Waals surface area contributed by atoms with E-state index in [0.717, 1.165) is 13.0 Å². The van der Waals surface area contributed by atoms with Gasteiger partial charge in [-0.25, -0.2) is 0 Å². The van der Waals surface area contributed by atoms with E-state index in [2.05, 4.69) is 72.4 Å². The molecule has 1 aliphatic heterocycles. The Morgan fingerprint density at radius 2 is 1.83 bits per heavy atom. The highest BCUT2D eigenvalue weighted by Crippen LogP contribution is 2.36. The van der Waals surface area contributed by atoms with E-state index in [1.165, 1.54) is 27.7 Å². The van der Waals surface area contributed by atoms with Gasteiger partial charge in [-0.05, 0) is 30.5 Å². The molecule has 0 fully saturated rings. The Bertz CT molecular complexity index is 853. The van der Waals surface area contributed by atoms with Crippen molar-refractivity contribution in [3.05, 3.63) is 71.4 Å². The normalized spacial score (nSPS) is 20.2. The lowest BCUT2D eigenvalue weighted by Crippen LogP contribution is -2.49. The molecule has 1 aromatic heterocycles. The molecular formula is C21H24N2O. The van der Waals surface area contributed by atoms with Crippen LogP contribution < -0.4 is 5.32 Å².